The number of hydrogen-bond acceptors (Lipinski definition) is 15. The molecule has 19 nitrogen and oxygen atoms in total. The summed E-state index contributed by atoms with van der Waals surface area (Å²) in [5.41, 5.74) is -1.69. The Hall–Kier alpha value is -5.80. The van der Waals surface area contributed by atoms with E-state index in [0.29, 0.717) is 15.6 Å². The first-order valence-corrected chi connectivity index (χ1v) is 17.5. The minimum atomic E-state index is -2.01. The predicted molar refractivity (Wildman–Crippen MR) is 184 cm³/mol. The molecule has 3 aromatic rings. The van der Waals surface area contributed by atoms with E-state index in [4.69, 9.17) is 14.2 Å². The molecule has 278 valence electrons. The number of carbonyl (C=O) groups excluding carboxylic acids is 6. The normalized spacial score (nSPS) is 18.2. The van der Waals surface area contributed by atoms with Crippen LogP contribution in [0.1, 0.15) is 35.8 Å². The van der Waals surface area contributed by atoms with Gasteiger partial charge in [-0.05, 0) is 39.8 Å². The molecule has 1 unspecified atom stereocenters. The second-order valence-corrected chi connectivity index (χ2v) is 13.4. The van der Waals surface area contributed by atoms with Crippen molar-refractivity contribution in [1.82, 2.24) is 40.6 Å². The molecule has 5 amide bonds. The predicted octanol–water partition coefficient (Wildman–Crippen LogP) is 1.09. The van der Waals surface area contributed by atoms with Gasteiger partial charge in [-0.1, -0.05) is 42.1 Å². The zero-order valence-electron chi connectivity index (χ0n) is 28.7. The van der Waals surface area contributed by atoms with Crippen LogP contribution in [0.15, 0.2) is 65.0 Å². The van der Waals surface area contributed by atoms with E-state index in [2.05, 4.69) is 26.2 Å². The molecule has 2 aliphatic rings. The number of carboxylic acids is 1. The molecule has 0 saturated carbocycles. The van der Waals surface area contributed by atoms with E-state index < -0.39 is 58.8 Å². The Bertz CT molecular complexity index is 2020. The summed E-state index contributed by atoms with van der Waals surface area (Å²) in [6, 6.07) is 9.03. The highest BCUT2D eigenvalue weighted by Gasteiger charge is 2.67. The lowest BCUT2D eigenvalue weighted by Crippen LogP contribution is -2.81. The van der Waals surface area contributed by atoms with E-state index in [1.807, 2.05) is 0 Å². The van der Waals surface area contributed by atoms with Gasteiger partial charge in [0.15, 0.2) is 11.5 Å². The largest absolute Gasteiger partial charge is 0.477 e. The lowest BCUT2D eigenvalue weighted by Gasteiger charge is -2.56. The molecule has 5 rings (SSSR count). The molecule has 0 bridgehead atoms. The maximum absolute atomic E-state index is 14.0. The third-order valence-corrected chi connectivity index (χ3v) is 10.3. The van der Waals surface area contributed by atoms with E-state index >= 15 is 0 Å². The highest BCUT2D eigenvalue weighted by molar-refractivity contribution is 8.01. The Balaban J connectivity index is 1.36. The first kappa shape index (κ1) is 38.4. The molecule has 21 heteroatoms. The van der Waals surface area contributed by atoms with E-state index in [1.165, 1.54) is 59.6 Å². The summed E-state index contributed by atoms with van der Waals surface area (Å²) in [6.45, 7) is 2.24. The van der Waals surface area contributed by atoms with Crippen LogP contribution in [0.2, 0.25) is 0 Å². The number of amides is 5. The number of β-lactam (4-membered cyclic amide) rings is 1. The summed E-state index contributed by atoms with van der Waals surface area (Å²) in [6.07, 6.45) is 0. The quantitative estimate of drug-likeness (QED) is 0.0768. The number of thioether (sulfide) groups is 2. The van der Waals surface area contributed by atoms with Gasteiger partial charge in [0.2, 0.25) is 11.1 Å². The fourth-order valence-corrected chi connectivity index (χ4v) is 7.80. The van der Waals surface area contributed by atoms with Crippen LogP contribution < -0.4 is 20.1 Å². The molecule has 2 aromatic carbocycles. The fraction of sp³-hybridized carbons (Fsp3) is 0.312. The summed E-state index contributed by atoms with van der Waals surface area (Å²) in [5, 5.41) is 25.9. The molecule has 1 fully saturated rings. The van der Waals surface area contributed by atoms with E-state index in [9.17, 15) is 38.7 Å². The van der Waals surface area contributed by atoms with Crippen molar-refractivity contribution in [2.75, 3.05) is 25.7 Å². The number of carbonyl (C=O) groups is 7. The molecule has 0 radical (unpaired) electrons. The minimum absolute atomic E-state index is 0.128. The monoisotopic (exact) mass is 768 g/mol. The number of carboxylic acid groups (broad SMARTS) is 1. The first-order valence-electron chi connectivity index (χ1n) is 15.5. The number of nitrogens with zero attached hydrogens (tertiary/aromatic N) is 6. The Kier molecular flexibility index (Phi) is 11.5. The topological polar surface area (TPSA) is 242 Å². The number of urea groups is 1. The van der Waals surface area contributed by atoms with Gasteiger partial charge in [0.05, 0.1) is 0 Å². The number of methoxy groups -OCH3 is 1. The van der Waals surface area contributed by atoms with Crippen molar-refractivity contribution in [3.63, 3.8) is 0 Å². The number of aliphatic carboxylic acids is 1. The maximum Gasteiger partial charge on any atom is 0.352 e. The Labute approximate surface area is 309 Å². The van der Waals surface area contributed by atoms with Gasteiger partial charge in [-0.3, -0.25) is 33.8 Å². The molecule has 1 aromatic heterocycles. The van der Waals surface area contributed by atoms with E-state index in [-0.39, 0.29) is 39.8 Å². The number of nitrogens with one attached hydrogen (secondary N) is 2. The minimum Gasteiger partial charge on any atom is -0.477 e. The Morgan fingerprint density at radius 3 is 2.36 bits per heavy atom. The van der Waals surface area contributed by atoms with Crippen LogP contribution in [0, 0.1) is 0 Å². The van der Waals surface area contributed by atoms with Gasteiger partial charge in [0.25, 0.3) is 17.5 Å². The molecular formula is C32H32N8O11S2. The van der Waals surface area contributed by atoms with Crippen molar-refractivity contribution in [2.24, 2.45) is 7.05 Å². The van der Waals surface area contributed by atoms with Crippen molar-refractivity contribution in [1.29, 1.82) is 0 Å². The van der Waals surface area contributed by atoms with Crippen molar-refractivity contribution in [3.05, 3.63) is 70.9 Å². The summed E-state index contributed by atoms with van der Waals surface area (Å²) in [5.74, 6) is -5.49. The Morgan fingerprint density at radius 1 is 1.08 bits per heavy atom. The highest BCUT2D eigenvalue weighted by Crippen LogP contribution is 2.47. The number of aryl methyl sites for hydroxylation is 1. The number of rotatable bonds is 12. The van der Waals surface area contributed by atoms with Crippen LogP contribution in [0.5, 0.6) is 11.5 Å². The second kappa shape index (κ2) is 15.8. The molecular weight excluding hydrogens is 737 g/mol. The van der Waals surface area contributed by atoms with Crippen LogP contribution in [-0.4, -0.2) is 114 Å². The maximum atomic E-state index is 14.0. The second-order valence-electron chi connectivity index (χ2n) is 11.4. The average molecular weight is 769 g/mol. The van der Waals surface area contributed by atoms with Crippen LogP contribution in [-0.2, 0) is 35.8 Å². The molecule has 3 N–H and O–H groups in total. The first-order chi connectivity index (χ1) is 25.2. The van der Waals surface area contributed by atoms with Gasteiger partial charge < -0.3 is 30.0 Å². The van der Waals surface area contributed by atoms with Gasteiger partial charge in [-0.25, -0.2) is 14.3 Å². The molecule has 0 spiro atoms. The number of imide groups is 1. The van der Waals surface area contributed by atoms with Crippen molar-refractivity contribution < 1.29 is 52.9 Å². The summed E-state index contributed by atoms with van der Waals surface area (Å²) in [4.78, 5) is 92.0. The zero-order chi connectivity index (χ0) is 38.6. The lowest BCUT2D eigenvalue weighted by atomic mass is 9.97. The number of aromatic nitrogens is 4. The van der Waals surface area contributed by atoms with Crippen LogP contribution in [0.4, 0.5) is 4.79 Å². The molecule has 3 heterocycles. The number of tetrazole rings is 1. The lowest BCUT2D eigenvalue weighted by molar-refractivity contribution is -0.192. The number of benzene rings is 2. The molecule has 3 atom stereocenters. The summed E-state index contributed by atoms with van der Waals surface area (Å²) < 4.78 is 17.1. The average Bonchev–Trinajstić information content (AvgIpc) is 3.55. The SMILES string of the molecule is CO[C@@]1(NC(=O)C(NC(=O)N(C)C(=O)c2ccc(OC(C)=O)c(OC(C)=O)c2)c2ccccc2)C(=O)N2C(C(=O)O)=C(CSc3nnnn3C)CS[C@H]21. The van der Waals surface area contributed by atoms with Crippen LogP contribution >= 0.6 is 23.5 Å². The molecule has 2 aliphatic heterocycles. The number of ether oxygens (including phenoxy) is 3. The van der Waals surface area contributed by atoms with E-state index in [0.717, 1.165) is 31.9 Å². The van der Waals surface area contributed by atoms with Crippen molar-refractivity contribution >= 4 is 65.2 Å². The van der Waals surface area contributed by atoms with Gasteiger partial charge >= 0.3 is 23.9 Å². The summed E-state index contributed by atoms with van der Waals surface area (Å²) in [7, 11) is 3.96. The molecule has 1 saturated heterocycles. The van der Waals surface area contributed by atoms with Gasteiger partial charge in [0, 0.05) is 52.1 Å². The van der Waals surface area contributed by atoms with E-state index in [1.54, 1.807) is 25.2 Å². The molecule has 53 heavy (non-hydrogen) atoms. The van der Waals surface area contributed by atoms with Crippen LogP contribution in [0.25, 0.3) is 0 Å². The fourth-order valence-electron chi connectivity index (χ4n) is 5.37. The number of hydrogen-bond donors (Lipinski definition) is 3. The number of fused-ring (bicyclic) bond motifs is 1. The zero-order valence-corrected chi connectivity index (χ0v) is 30.4. The highest BCUT2D eigenvalue weighted by atomic mass is 32.2. The van der Waals surface area contributed by atoms with Crippen LogP contribution in [0.3, 0.4) is 0 Å². The van der Waals surface area contributed by atoms with Crippen molar-refractivity contribution in [2.45, 2.75) is 36.1 Å². The Morgan fingerprint density at radius 2 is 1.75 bits per heavy atom. The van der Waals surface area contributed by atoms with Gasteiger partial charge in [-0.15, -0.1) is 16.9 Å². The smallest absolute Gasteiger partial charge is 0.352 e. The number of esters is 2. The van der Waals surface area contributed by atoms with Crippen molar-refractivity contribution in [3.8, 4) is 11.5 Å². The molecule has 0 aliphatic carbocycles. The summed E-state index contributed by atoms with van der Waals surface area (Å²) >= 11 is 2.36. The third kappa shape index (κ3) is 7.85. The standard InChI is InChI=1S/C32H32N8O11S2/c1-16(41)50-21-12-11-19(13-22(21)51-17(2)42)26(44)38(3)30(48)33-23(18-9-7-6-8-10-18)25(43)34-32(49-5)28(47)40-24(27(45)46)20(14-52-29(32)40)15-53-31-35-36-37-39(31)4/h6-13,23,29H,14-15H2,1-5H3,(H,33,48)(H,34,43)(H,45,46)/t23?,29-,32-/m0/s1. The van der Waals surface area contributed by atoms with Gasteiger partial charge in [-0.2, -0.15) is 0 Å². The third-order valence-electron chi connectivity index (χ3n) is 7.87. The van der Waals surface area contributed by atoms with Gasteiger partial charge in [0.1, 0.15) is 17.1 Å².